The molecule has 0 radical (unpaired) electrons. The van der Waals surface area contributed by atoms with Gasteiger partial charge in [0.1, 0.15) is 5.82 Å². The minimum absolute atomic E-state index is 0.272. The lowest BCUT2D eigenvalue weighted by atomic mass is 10.1. The van der Waals surface area contributed by atoms with Crippen molar-refractivity contribution in [2.45, 2.75) is 19.5 Å². The lowest BCUT2D eigenvalue weighted by molar-refractivity contribution is 0.0937. The van der Waals surface area contributed by atoms with Gasteiger partial charge in [-0.05, 0) is 37.7 Å². The first-order valence-electron chi connectivity index (χ1n) is 6.21. The molecule has 1 heterocycles. The van der Waals surface area contributed by atoms with Crippen molar-refractivity contribution in [2.24, 2.45) is 0 Å². The second-order valence-electron chi connectivity index (χ2n) is 5.00. The molecule has 1 aromatic rings. The van der Waals surface area contributed by atoms with E-state index in [0.717, 1.165) is 25.2 Å². The van der Waals surface area contributed by atoms with Crippen molar-refractivity contribution in [1.29, 1.82) is 5.26 Å². The van der Waals surface area contributed by atoms with Gasteiger partial charge in [0.15, 0.2) is 0 Å². The van der Waals surface area contributed by atoms with Crippen LogP contribution < -0.4 is 0 Å². The Labute approximate surface area is 107 Å². The molecule has 0 N–H and O–H groups in total. The number of nitriles is 1. The number of hydrogen-bond acceptors (Lipinski definition) is 3. The van der Waals surface area contributed by atoms with Gasteiger partial charge in [0.05, 0.1) is 11.6 Å². The van der Waals surface area contributed by atoms with E-state index >= 15 is 0 Å². The second kappa shape index (κ2) is 5.47. The fourth-order valence-corrected chi connectivity index (χ4v) is 2.43. The van der Waals surface area contributed by atoms with E-state index < -0.39 is 0 Å². The monoisotopic (exact) mass is 247 g/mol. The number of nitrogens with zero attached hydrogens (tertiary/aromatic N) is 3. The topological polar surface area (TPSA) is 30.3 Å². The molecule has 0 amide bonds. The lowest BCUT2D eigenvalue weighted by Gasteiger charge is -2.38. The Morgan fingerprint density at radius 3 is 2.89 bits per heavy atom. The third kappa shape index (κ3) is 2.87. The lowest BCUT2D eigenvalue weighted by Crippen LogP contribution is -2.49. The van der Waals surface area contributed by atoms with Crippen LogP contribution in [0.2, 0.25) is 0 Å². The molecule has 4 heteroatoms. The first kappa shape index (κ1) is 13.0. The Hall–Kier alpha value is -1.44. The molecule has 1 saturated heterocycles. The van der Waals surface area contributed by atoms with Gasteiger partial charge in [-0.2, -0.15) is 5.26 Å². The third-order valence-corrected chi connectivity index (χ3v) is 3.53. The highest BCUT2D eigenvalue weighted by molar-refractivity contribution is 5.37. The summed E-state index contributed by atoms with van der Waals surface area (Å²) in [4.78, 5) is 4.59. The van der Waals surface area contributed by atoms with Crippen LogP contribution in [0.1, 0.15) is 18.1 Å². The van der Waals surface area contributed by atoms with Gasteiger partial charge in [-0.3, -0.25) is 4.90 Å². The zero-order valence-electron chi connectivity index (χ0n) is 10.9. The number of likely N-dealkylation sites (N-methyl/N-ethyl adjacent to an activating group) is 1. The Morgan fingerprint density at radius 1 is 1.44 bits per heavy atom. The van der Waals surface area contributed by atoms with Crippen LogP contribution in [-0.2, 0) is 6.54 Å². The van der Waals surface area contributed by atoms with Gasteiger partial charge in [0.25, 0.3) is 0 Å². The highest BCUT2D eigenvalue weighted by Gasteiger charge is 2.22. The highest BCUT2D eigenvalue weighted by atomic mass is 19.1. The van der Waals surface area contributed by atoms with Gasteiger partial charge < -0.3 is 4.90 Å². The van der Waals surface area contributed by atoms with Gasteiger partial charge >= 0.3 is 0 Å². The Kier molecular flexibility index (Phi) is 3.95. The molecule has 1 aliphatic rings. The van der Waals surface area contributed by atoms with E-state index in [0.29, 0.717) is 18.2 Å². The molecule has 0 spiro atoms. The maximum Gasteiger partial charge on any atom is 0.123 e. The molecule has 1 aromatic carbocycles. The van der Waals surface area contributed by atoms with Gasteiger partial charge in [0, 0.05) is 32.2 Å². The predicted octanol–water partition coefficient (Wildman–Crippen LogP) is 1.83. The molecule has 0 saturated carbocycles. The summed E-state index contributed by atoms with van der Waals surface area (Å²) in [7, 11) is 2.11. The molecule has 3 nitrogen and oxygen atoms in total. The van der Waals surface area contributed by atoms with Crippen molar-refractivity contribution in [3.63, 3.8) is 0 Å². The smallest absolute Gasteiger partial charge is 0.123 e. The maximum atomic E-state index is 13.3. The van der Waals surface area contributed by atoms with Crippen molar-refractivity contribution >= 4 is 0 Å². The summed E-state index contributed by atoms with van der Waals surface area (Å²) in [5, 5.41) is 9.05. The molecule has 0 aromatic heterocycles. The first-order valence-corrected chi connectivity index (χ1v) is 6.21. The van der Waals surface area contributed by atoms with Crippen LogP contribution in [-0.4, -0.2) is 42.5 Å². The maximum absolute atomic E-state index is 13.3. The third-order valence-electron chi connectivity index (χ3n) is 3.53. The zero-order valence-corrected chi connectivity index (χ0v) is 10.9. The van der Waals surface area contributed by atoms with Crippen molar-refractivity contribution in [2.75, 3.05) is 26.7 Å². The standard InChI is InChI=1S/C14H18FN3/c1-11-9-17(2)5-6-18(11)10-13-7-14(15)4-3-12(13)8-16/h3-4,7,11H,5-6,9-10H2,1-2H3. The van der Waals surface area contributed by atoms with E-state index in [1.807, 2.05) is 0 Å². The van der Waals surface area contributed by atoms with Crippen molar-refractivity contribution in [3.8, 4) is 6.07 Å². The van der Waals surface area contributed by atoms with Crippen LogP contribution in [0.4, 0.5) is 4.39 Å². The molecular weight excluding hydrogens is 229 g/mol. The van der Waals surface area contributed by atoms with Crippen LogP contribution in [0.15, 0.2) is 18.2 Å². The Morgan fingerprint density at radius 2 is 2.22 bits per heavy atom. The summed E-state index contributed by atoms with van der Waals surface area (Å²) in [5.41, 5.74) is 1.36. The molecule has 0 aliphatic carbocycles. The summed E-state index contributed by atoms with van der Waals surface area (Å²) >= 11 is 0. The number of halogens is 1. The SMILES string of the molecule is CC1CN(C)CCN1Cc1cc(F)ccc1C#N. The molecule has 1 unspecified atom stereocenters. The van der Waals surface area contributed by atoms with Gasteiger partial charge in [-0.25, -0.2) is 4.39 Å². The van der Waals surface area contributed by atoms with Crippen molar-refractivity contribution in [1.82, 2.24) is 9.80 Å². The summed E-state index contributed by atoms with van der Waals surface area (Å²) in [6.45, 7) is 5.80. The second-order valence-corrected chi connectivity index (χ2v) is 5.00. The van der Waals surface area contributed by atoms with Crippen molar-refractivity contribution < 1.29 is 4.39 Å². The summed E-state index contributed by atoms with van der Waals surface area (Å²) in [6, 6.07) is 6.94. The Balaban J connectivity index is 2.14. The summed E-state index contributed by atoms with van der Waals surface area (Å²) < 4.78 is 13.3. The van der Waals surface area contributed by atoms with Crippen LogP contribution in [0, 0.1) is 17.1 Å². The minimum Gasteiger partial charge on any atom is -0.304 e. The highest BCUT2D eigenvalue weighted by Crippen LogP contribution is 2.17. The average Bonchev–Trinajstić information content (AvgIpc) is 2.33. The van der Waals surface area contributed by atoms with E-state index in [-0.39, 0.29) is 5.82 Å². The van der Waals surface area contributed by atoms with Gasteiger partial charge in [0.2, 0.25) is 0 Å². The fraction of sp³-hybridized carbons (Fsp3) is 0.500. The quantitative estimate of drug-likeness (QED) is 0.798. The first-order chi connectivity index (χ1) is 8.60. The molecule has 2 rings (SSSR count). The van der Waals surface area contributed by atoms with E-state index in [4.69, 9.17) is 5.26 Å². The van der Waals surface area contributed by atoms with Crippen LogP contribution in [0.25, 0.3) is 0 Å². The predicted molar refractivity (Wildman–Crippen MR) is 68.5 cm³/mol. The van der Waals surface area contributed by atoms with Gasteiger partial charge in [-0.1, -0.05) is 0 Å². The van der Waals surface area contributed by atoms with Crippen LogP contribution in [0.5, 0.6) is 0 Å². The fourth-order valence-electron chi connectivity index (χ4n) is 2.43. The average molecular weight is 247 g/mol. The number of rotatable bonds is 2. The van der Waals surface area contributed by atoms with Crippen LogP contribution in [0.3, 0.4) is 0 Å². The molecule has 18 heavy (non-hydrogen) atoms. The Bertz CT molecular complexity index is 467. The largest absolute Gasteiger partial charge is 0.304 e. The normalized spacial score (nSPS) is 21.8. The van der Waals surface area contributed by atoms with E-state index in [9.17, 15) is 4.39 Å². The minimum atomic E-state index is -0.272. The zero-order chi connectivity index (χ0) is 13.1. The molecule has 0 bridgehead atoms. The van der Waals surface area contributed by atoms with E-state index in [1.165, 1.54) is 12.1 Å². The summed E-state index contributed by atoms with van der Waals surface area (Å²) in [5.74, 6) is -0.272. The molecular formula is C14H18FN3. The van der Waals surface area contributed by atoms with Gasteiger partial charge in [-0.15, -0.1) is 0 Å². The number of hydrogen-bond donors (Lipinski definition) is 0. The van der Waals surface area contributed by atoms with E-state index in [2.05, 4.69) is 29.8 Å². The number of benzene rings is 1. The summed E-state index contributed by atoms with van der Waals surface area (Å²) in [6.07, 6.45) is 0. The molecule has 1 aliphatic heterocycles. The molecule has 96 valence electrons. The van der Waals surface area contributed by atoms with Crippen LogP contribution >= 0.6 is 0 Å². The van der Waals surface area contributed by atoms with Crippen molar-refractivity contribution in [3.05, 3.63) is 35.1 Å². The van der Waals surface area contributed by atoms with E-state index in [1.54, 1.807) is 6.07 Å². The molecule has 1 atom stereocenters. The number of piperazine rings is 1. The molecule has 1 fully saturated rings.